The molecule has 2 fully saturated rings. The van der Waals surface area contributed by atoms with Gasteiger partial charge in [0.1, 0.15) is 5.52 Å². The van der Waals surface area contributed by atoms with Crippen LogP contribution >= 0.6 is 0 Å². The van der Waals surface area contributed by atoms with Crippen LogP contribution in [0.15, 0.2) is 30.6 Å². The third-order valence-electron chi connectivity index (χ3n) is 6.06. The zero-order valence-corrected chi connectivity index (χ0v) is 15.1. The smallest absolute Gasteiger partial charge is 0.245 e. The first kappa shape index (κ1) is 15.7. The first-order chi connectivity index (χ1) is 12.6. The predicted octanol–water partition coefficient (Wildman–Crippen LogP) is 2.82. The van der Waals surface area contributed by atoms with Crippen molar-refractivity contribution in [3.8, 4) is 0 Å². The van der Waals surface area contributed by atoms with Crippen LogP contribution in [0.1, 0.15) is 31.4 Å². The van der Waals surface area contributed by atoms with E-state index >= 15 is 0 Å². The summed E-state index contributed by atoms with van der Waals surface area (Å²) >= 11 is 0. The highest BCUT2D eigenvalue weighted by molar-refractivity contribution is 5.74. The number of hydrogen-bond donors (Lipinski definition) is 3. The second-order valence-corrected chi connectivity index (χ2v) is 7.85. The van der Waals surface area contributed by atoms with Gasteiger partial charge in [0.25, 0.3) is 0 Å². The number of aromatic amines is 1. The lowest BCUT2D eigenvalue weighted by molar-refractivity contribution is 0.298. The summed E-state index contributed by atoms with van der Waals surface area (Å²) in [4.78, 5) is 10.3. The number of aromatic nitrogens is 4. The molecule has 2 aliphatic rings. The van der Waals surface area contributed by atoms with Gasteiger partial charge in [-0.25, -0.2) is 4.52 Å². The second kappa shape index (κ2) is 5.74. The van der Waals surface area contributed by atoms with Crippen molar-refractivity contribution in [2.75, 3.05) is 23.3 Å². The summed E-state index contributed by atoms with van der Waals surface area (Å²) in [7, 11) is 0. The Morgan fingerprint density at radius 1 is 1.35 bits per heavy atom. The molecule has 0 bridgehead atoms. The van der Waals surface area contributed by atoms with Crippen LogP contribution in [-0.2, 0) is 0 Å². The average Bonchev–Trinajstić information content (AvgIpc) is 3.38. The molecule has 7 heteroatoms. The molecule has 1 spiro atoms. The van der Waals surface area contributed by atoms with E-state index in [0.717, 1.165) is 41.8 Å². The Hall–Kier alpha value is -2.54. The average molecular weight is 351 g/mol. The van der Waals surface area contributed by atoms with E-state index in [1.807, 2.05) is 36.0 Å². The van der Waals surface area contributed by atoms with E-state index in [-0.39, 0.29) is 11.5 Å². The molecule has 1 aliphatic carbocycles. The molecule has 1 aliphatic heterocycles. The van der Waals surface area contributed by atoms with E-state index in [1.165, 1.54) is 25.7 Å². The fourth-order valence-corrected chi connectivity index (χ4v) is 4.62. The molecule has 0 amide bonds. The molecule has 4 N–H and O–H groups in total. The number of anilines is 3. The number of nitrogens with two attached hydrogens (primary N) is 1. The van der Waals surface area contributed by atoms with Gasteiger partial charge in [0.2, 0.25) is 5.95 Å². The Kier molecular flexibility index (Phi) is 3.46. The van der Waals surface area contributed by atoms with Crippen molar-refractivity contribution in [2.45, 2.75) is 38.6 Å². The molecule has 0 aromatic carbocycles. The number of H-pyrrole nitrogens is 1. The van der Waals surface area contributed by atoms with Crippen molar-refractivity contribution in [1.82, 2.24) is 19.6 Å². The van der Waals surface area contributed by atoms with E-state index in [0.29, 0.717) is 0 Å². The molecular formula is C19H25N7. The van der Waals surface area contributed by atoms with Gasteiger partial charge in [0, 0.05) is 42.6 Å². The fourth-order valence-electron chi connectivity index (χ4n) is 4.62. The van der Waals surface area contributed by atoms with Crippen molar-refractivity contribution in [3.63, 3.8) is 0 Å². The molecule has 136 valence electrons. The van der Waals surface area contributed by atoms with Crippen molar-refractivity contribution in [2.24, 2.45) is 11.1 Å². The molecule has 4 heterocycles. The summed E-state index contributed by atoms with van der Waals surface area (Å²) in [5.74, 6) is 1.57. The monoisotopic (exact) mass is 351 g/mol. The summed E-state index contributed by atoms with van der Waals surface area (Å²) in [6.07, 6.45) is 8.96. The second-order valence-electron chi connectivity index (χ2n) is 7.85. The first-order valence-corrected chi connectivity index (χ1v) is 9.41. The summed E-state index contributed by atoms with van der Waals surface area (Å²) in [6.45, 7) is 3.83. The quantitative estimate of drug-likeness (QED) is 0.675. The highest BCUT2D eigenvalue weighted by Gasteiger charge is 2.47. The highest BCUT2D eigenvalue weighted by Crippen LogP contribution is 2.45. The Balaban J connectivity index is 1.50. The minimum Gasteiger partial charge on any atom is -0.363 e. The molecule has 7 nitrogen and oxygen atoms in total. The molecular weight excluding hydrogens is 326 g/mol. The Morgan fingerprint density at radius 3 is 2.96 bits per heavy atom. The lowest BCUT2D eigenvalue weighted by Crippen LogP contribution is -2.38. The summed E-state index contributed by atoms with van der Waals surface area (Å²) in [5, 5.41) is 8.17. The zero-order valence-electron chi connectivity index (χ0n) is 15.1. The Bertz CT molecular complexity index is 934. The van der Waals surface area contributed by atoms with Gasteiger partial charge < -0.3 is 20.9 Å². The van der Waals surface area contributed by atoms with Crippen LogP contribution in [0.25, 0.3) is 5.52 Å². The van der Waals surface area contributed by atoms with Gasteiger partial charge in [-0.15, -0.1) is 5.10 Å². The fraction of sp³-hybridized carbons (Fsp3) is 0.474. The topological polar surface area (TPSA) is 87.3 Å². The molecule has 0 radical (unpaired) electrons. The van der Waals surface area contributed by atoms with Crippen LogP contribution in [0.3, 0.4) is 0 Å². The molecule has 26 heavy (non-hydrogen) atoms. The van der Waals surface area contributed by atoms with E-state index in [2.05, 4.69) is 21.3 Å². The van der Waals surface area contributed by atoms with Gasteiger partial charge in [-0.1, -0.05) is 12.8 Å². The lowest BCUT2D eigenvalue weighted by atomic mass is 9.82. The number of nitrogens with zero attached hydrogens (tertiary/aromatic N) is 4. The van der Waals surface area contributed by atoms with Crippen LogP contribution in [-0.4, -0.2) is 38.7 Å². The van der Waals surface area contributed by atoms with Crippen LogP contribution < -0.4 is 16.0 Å². The SMILES string of the molecule is Cc1cc(Nc2nc(N3CC(N)C4(CCCC4)C3)nn3cccc23)c[nH]1. The molecule has 1 saturated carbocycles. The number of aryl methyl sites for hydroxylation is 1. The van der Waals surface area contributed by atoms with Crippen molar-refractivity contribution < 1.29 is 0 Å². The van der Waals surface area contributed by atoms with E-state index in [4.69, 9.17) is 15.8 Å². The molecule has 5 rings (SSSR count). The third kappa shape index (κ3) is 2.46. The van der Waals surface area contributed by atoms with Gasteiger partial charge in [0.05, 0.1) is 5.69 Å². The highest BCUT2D eigenvalue weighted by atomic mass is 15.4. The molecule has 1 saturated heterocycles. The lowest BCUT2D eigenvalue weighted by Gasteiger charge is -2.26. The van der Waals surface area contributed by atoms with Gasteiger partial charge in [0.15, 0.2) is 5.82 Å². The van der Waals surface area contributed by atoms with Crippen LogP contribution in [0.5, 0.6) is 0 Å². The number of rotatable bonds is 3. The minimum absolute atomic E-state index is 0.206. The Labute approximate surface area is 152 Å². The predicted molar refractivity (Wildman–Crippen MR) is 103 cm³/mol. The van der Waals surface area contributed by atoms with Crippen LogP contribution in [0.4, 0.5) is 17.5 Å². The van der Waals surface area contributed by atoms with Gasteiger partial charge in [-0.3, -0.25) is 0 Å². The summed E-state index contributed by atoms with van der Waals surface area (Å²) in [5.41, 5.74) is 9.86. The van der Waals surface area contributed by atoms with Gasteiger partial charge in [-0.05, 0) is 38.0 Å². The van der Waals surface area contributed by atoms with E-state index < -0.39 is 0 Å². The summed E-state index contributed by atoms with van der Waals surface area (Å²) in [6, 6.07) is 6.30. The zero-order chi connectivity index (χ0) is 17.7. The largest absolute Gasteiger partial charge is 0.363 e. The Morgan fingerprint density at radius 2 is 2.19 bits per heavy atom. The van der Waals surface area contributed by atoms with Crippen LogP contribution in [0, 0.1) is 12.3 Å². The molecule has 1 unspecified atom stereocenters. The van der Waals surface area contributed by atoms with Crippen LogP contribution in [0.2, 0.25) is 0 Å². The van der Waals surface area contributed by atoms with E-state index in [9.17, 15) is 0 Å². The van der Waals surface area contributed by atoms with Crippen molar-refractivity contribution in [1.29, 1.82) is 0 Å². The molecule has 1 atom stereocenters. The van der Waals surface area contributed by atoms with Gasteiger partial charge >= 0.3 is 0 Å². The first-order valence-electron chi connectivity index (χ1n) is 9.41. The minimum atomic E-state index is 0.206. The third-order valence-corrected chi connectivity index (χ3v) is 6.06. The maximum atomic E-state index is 6.54. The molecule has 3 aromatic heterocycles. The summed E-state index contributed by atoms with van der Waals surface area (Å²) < 4.78 is 1.90. The number of hydrogen-bond acceptors (Lipinski definition) is 5. The molecule has 3 aromatic rings. The van der Waals surface area contributed by atoms with Gasteiger partial charge in [-0.2, -0.15) is 4.98 Å². The number of fused-ring (bicyclic) bond motifs is 1. The standard InChI is InChI=1S/C19H25N7/c1-13-9-14(10-21-13)22-17-15-5-4-8-26(15)24-18(23-17)25-11-16(20)19(12-25)6-2-3-7-19/h4-5,8-10,16,21H,2-3,6-7,11-12,20H2,1H3,(H,22,23,24). The van der Waals surface area contributed by atoms with Crippen molar-refractivity contribution in [3.05, 3.63) is 36.3 Å². The maximum Gasteiger partial charge on any atom is 0.245 e. The van der Waals surface area contributed by atoms with Crippen molar-refractivity contribution >= 4 is 23.0 Å². The maximum absolute atomic E-state index is 6.54. The normalized spacial score (nSPS) is 21.9. The number of nitrogens with one attached hydrogen (secondary N) is 2. The van der Waals surface area contributed by atoms with E-state index in [1.54, 1.807) is 0 Å².